The molecule has 0 aromatic carbocycles. The molecule has 0 unspecified atom stereocenters. The minimum absolute atomic E-state index is 0.386. The van der Waals surface area contributed by atoms with Crippen LogP contribution in [0.5, 0.6) is 0 Å². The summed E-state index contributed by atoms with van der Waals surface area (Å²) in [6.45, 7) is 1.95. The first-order valence-corrected chi connectivity index (χ1v) is 8.50. The molecule has 4 rings (SSSR count). The Morgan fingerprint density at radius 1 is 1.12 bits per heavy atom. The van der Waals surface area contributed by atoms with Crippen LogP contribution in [-0.2, 0) is 13.6 Å². The summed E-state index contributed by atoms with van der Waals surface area (Å²) in [5.74, 6) is 2.42. The maximum atomic E-state index is 4.46. The third-order valence-corrected chi connectivity index (χ3v) is 4.60. The zero-order chi connectivity index (χ0) is 17.1. The molecule has 0 radical (unpaired) electrons. The van der Waals surface area contributed by atoms with Crippen LogP contribution >= 0.6 is 0 Å². The van der Waals surface area contributed by atoms with E-state index in [1.165, 1.54) is 12.0 Å². The first-order chi connectivity index (χ1) is 12.3. The van der Waals surface area contributed by atoms with Crippen molar-refractivity contribution in [3.63, 3.8) is 0 Å². The molecule has 0 amide bonds. The van der Waals surface area contributed by atoms with Gasteiger partial charge in [0.25, 0.3) is 0 Å². The molecular formula is C18H21N7. The number of likely N-dealkylation sites (tertiary alicyclic amines) is 1. The van der Waals surface area contributed by atoms with E-state index in [1.807, 2.05) is 25.6 Å². The lowest BCUT2D eigenvalue weighted by atomic mass is 10.1. The van der Waals surface area contributed by atoms with Gasteiger partial charge in [0.2, 0.25) is 5.95 Å². The van der Waals surface area contributed by atoms with E-state index in [2.05, 4.69) is 46.9 Å². The van der Waals surface area contributed by atoms with E-state index >= 15 is 0 Å². The minimum Gasteiger partial charge on any atom is -0.337 e. The van der Waals surface area contributed by atoms with Crippen molar-refractivity contribution in [1.82, 2.24) is 29.4 Å². The Labute approximate surface area is 146 Å². The molecule has 1 fully saturated rings. The number of anilines is 2. The predicted molar refractivity (Wildman–Crippen MR) is 95.1 cm³/mol. The molecule has 3 aromatic rings. The third kappa shape index (κ3) is 3.51. The smallest absolute Gasteiger partial charge is 0.228 e. The van der Waals surface area contributed by atoms with Gasteiger partial charge in [-0.3, -0.25) is 4.90 Å². The predicted octanol–water partition coefficient (Wildman–Crippen LogP) is 2.69. The highest BCUT2D eigenvalue weighted by atomic mass is 15.2. The number of hydrogen-bond donors (Lipinski definition) is 1. The van der Waals surface area contributed by atoms with Crippen molar-refractivity contribution in [3.8, 4) is 0 Å². The Kier molecular flexibility index (Phi) is 4.39. The SMILES string of the molecule is Cn1ccnc1CN1CCC[C@@H]1c1ccnc(Nc2ncccn2)c1. The second-order valence-corrected chi connectivity index (χ2v) is 6.25. The summed E-state index contributed by atoms with van der Waals surface area (Å²) < 4.78 is 2.08. The van der Waals surface area contributed by atoms with Gasteiger partial charge in [-0.15, -0.1) is 0 Å². The number of rotatable bonds is 5. The number of pyridine rings is 1. The lowest BCUT2D eigenvalue weighted by Gasteiger charge is -2.24. The summed E-state index contributed by atoms with van der Waals surface area (Å²) in [5, 5.41) is 3.17. The zero-order valence-corrected chi connectivity index (χ0v) is 14.2. The molecule has 25 heavy (non-hydrogen) atoms. The Morgan fingerprint density at radius 3 is 2.80 bits per heavy atom. The van der Waals surface area contributed by atoms with Crippen LogP contribution in [-0.4, -0.2) is 35.9 Å². The maximum absolute atomic E-state index is 4.46. The standard InChI is InChI=1S/C18H21N7/c1-24-11-9-20-17(24)13-25-10-2-4-15(25)14-5-8-19-16(12-14)23-18-21-6-3-7-22-18/h3,5-9,11-12,15H,2,4,10,13H2,1H3,(H,19,21,22,23)/t15-/m1/s1. The number of imidazole rings is 1. The van der Waals surface area contributed by atoms with Gasteiger partial charge in [-0.2, -0.15) is 0 Å². The molecular weight excluding hydrogens is 314 g/mol. The zero-order valence-electron chi connectivity index (χ0n) is 14.2. The van der Waals surface area contributed by atoms with Gasteiger partial charge in [0, 0.05) is 44.1 Å². The van der Waals surface area contributed by atoms with Gasteiger partial charge in [0.05, 0.1) is 6.54 Å². The molecule has 0 aliphatic carbocycles. The van der Waals surface area contributed by atoms with Crippen LogP contribution in [0.3, 0.4) is 0 Å². The summed E-state index contributed by atoms with van der Waals surface area (Å²) >= 11 is 0. The van der Waals surface area contributed by atoms with Crippen LogP contribution in [0.4, 0.5) is 11.8 Å². The van der Waals surface area contributed by atoms with E-state index in [9.17, 15) is 0 Å². The fraction of sp³-hybridized carbons (Fsp3) is 0.333. The second-order valence-electron chi connectivity index (χ2n) is 6.25. The average Bonchev–Trinajstić information content (AvgIpc) is 3.26. The number of nitrogens with zero attached hydrogens (tertiary/aromatic N) is 6. The quantitative estimate of drug-likeness (QED) is 0.773. The first kappa shape index (κ1) is 15.7. The van der Waals surface area contributed by atoms with Crippen molar-refractivity contribution in [3.05, 3.63) is 60.6 Å². The summed E-state index contributed by atoms with van der Waals surface area (Å²) in [4.78, 5) is 19.7. The molecule has 0 bridgehead atoms. The lowest BCUT2D eigenvalue weighted by molar-refractivity contribution is 0.240. The van der Waals surface area contributed by atoms with Crippen LogP contribution in [0, 0.1) is 0 Å². The van der Waals surface area contributed by atoms with Crippen LogP contribution in [0.15, 0.2) is 49.2 Å². The van der Waals surface area contributed by atoms with E-state index in [0.717, 1.165) is 31.2 Å². The van der Waals surface area contributed by atoms with Gasteiger partial charge < -0.3 is 9.88 Å². The van der Waals surface area contributed by atoms with Gasteiger partial charge in [-0.25, -0.2) is 19.9 Å². The molecule has 128 valence electrons. The van der Waals surface area contributed by atoms with Crippen LogP contribution in [0.2, 0.25) is 0 Å². The summed E-state index contributed by atoms with van der Waals surface area (Å²) in [5.41, 5.74) is 1.26. The van der Waals surface area contributed by atoms with Crippen LogP contribution < -0.4 is 5.32 Å². The van der Waals surface area contributed by atoms with Crippen molar-refractivity contribution >= 4 is 11.8 Å². The van der Waals surface area contributed by atoms with Crippen LogP contribution in [0.25, 0.3) is 0 Å². The molecule has 7 nitrogen and oxygen atoms in total. The second kappa shape index (κ2) is 6.98. The van der Waals surface area contributed by atoms with Crippen molar-refractivity contribution in [2.75, 3.05) is 11.9 Å². The Morgan fingerprint density at radius 2 is 2.00 bits per heavy atom. The van der Waals surface area contributed by atoms with Gasteiger partial charge in [-0.05, 0) is 43.1 Å². The maximum Gasteiger partial charge on any atom is 0.228 e. The average molecular weight is 335 g/mol. The van der Waals surface area contributed by atoms with Crippen LogP contribution in [0.1, 0.15) is 30.3 Å². The summed E-state index contributed by atoms with van der Waals surface area (Å²) in [7, 11) is 2.04. The molecule has 1 aliphatic heterocycles. The van der Waals surface area contributed by atoms with Gasteiger partial charge in [-0.1, -0.05) is 0 Å². The monoisotopic (exact) mass is 335 g/mol. The van der Waals surface area contributed by atoms with E-state index in [-0.39, 0.29) is 0 Å². The third-order valence-electron chi connectivity index (χ3n) is 4.60. The lowest BCUT2D eigenvalue weighted by Crippen LogP contribution is -2.24. The highest BCUT2D eigenvalue weighted by Gasteiger charge is 2.27. The minimum atomic E-state index is 0.386. The molecule has 0 saturated carbocycles. The van der Waals surface area contributed by atoms with E-state index in [4.69, 9.17) is 0 Å². The largest absolute Gasteiger partial charge is 0.337 e. The summed E-state index contributed by atoms with van der Waals surface area (Å²) in [6.07, 6.45) is 11.5. The summed E-state index contributed by atoms with van der Waals surface area (Å²) in [6, 6.07) is 6.37. The molecule has 4 heterocycles. The molecule has 1 atom stereocenters. The fourth-order valence-corrected chi connectivity index (χ4v) is 3.32. The van der Waals surface area contributed by atoms with E-state index in [0.29, 0.717) is 12.0 Å². The van der Waals surface area contributed by atoms with Gasteiger partial charge in [0.15, 0.2) is 0 Å². The molecule has 1 saturated heterocycles. The topological polar surface area (TPSA) is 71.8 Å². The Hall–Kier alpha value is -2.80. The molecule has 0 spiro atoms. The highest BCUT2D eigenvalue weighted by Crippen LogP contribution is 2.33. The normalized spacial score (nSPS) is 17.7. The highest BCUT2D eigenvalue weighted by molar-refractivity contribution is 5.48. The van der Waals surface area contributed by atoms with Crippen molar-refractivity contribution in [1.29, 1.82) is 0 Å². The van der Waals surface area contributed by atoms with Crippen molar-refractivity contribution < 1.29 is 0 Å². The first-order valence-electron chi connectivity index (χ1n) is 8.50. The number of nitrogens with one attached hydrogen (secondary N) is 1. The molecule has 3 aromatic heterocycles. The number of aryl methyl sites for hydroxylation is 1. The molecule has 7 heteroatoms. The number of hydrogen-bond acceptors (Lipinski definition) is 6. The molecule has 1 N–H and O–H groups in total. The number of aromatic nitrogens is 5. The van der Waals surface area contributed by atoms with Crippen molar-refractivity contribution in [2.45, 2.75) is 25.4 Å². The van der Waals surface area contributed by atoms with E-state index in [1.54, 1.807) is 18.5 Å². The Bertz CT molecular complexity index is 830. The van der Waals surface area contributed by atoms with Gasteiger partial charge in [0.1, 0.15) is 11.6 Å². The van der Waals surface area contributed by atoms with Crippen molar-refractivity contribution in [2.24, 2.45) is 7.05 Å². The van der Waals surface area contributed by atoms with E-state index < -0.39 is 0 Å². The molecule has 1 aliphatic rings. The van der Waals surface area contributed by atoms with Gasteiger partial charge >= 0.3 is 0 Å². The fourth-order valence-electron chi connectivity index (χ4n) is 3.32. The Balaban J connectivity index is 1.52.